The number of carbonyl (C=O) groups excluding carboxylic acids is 2. The number of carbonyl (C=O) groups is 2. The first-order valence-electron chi connectivity index (χ1n) is 11.7. The molecule has 1 aliphatic carbocycles. The Hall–Kier alpha value is -2.13. The number of benzene rings is 1. The van der Waals surface area contributed by atoms with Gasteiger partial charge in [-0.3, -0.25) is 4.79 Å². The predicted molar refractivity (Wildman–Crippen MR) is 125 cm³/mol. The molecule has 8 nitrogen and oxygen atoms in total. The number of nitrogens with zero attached hydrogens (tertiary/aromatic N) is 2. The maximum Gasteiger partial charge on any atom is 0.338 e. The van der Waals surface area contributed by atoms with Gasteiger partial charge in [-0.2, -0.15) is 4.31 Å². The second-order valence-electron chi connectivity index (χ2n) is 9.51. The van der Waals surface area contributed by atoms with E-state index in [1.807, 2.05) is 13.8 Å². The van der Waals surface area contributed by atoms with Crippen LogP contribution in [0.3, 0.4) is 0 Å². The first-order valence-corrected chi connectivity index (χ1v) is 13.2. The number of esters is 1. The van der Waals surface area contributed by atoms with Crippen molar-refractivity contribution in [3.63, 3.8) is 0 Å². The summed E-state index contributed by atoms with van der Waals surface area (Å²) in [5.74, 6) is -0.331. The summed E-state index contributed by atoms with van der Waals surface area (Å²) < 4.78 is 38.8. The Morgan fingerprint density at radius 3 is 2.33 bits per heavy atom. The van der Waals surface area contributed by atoms with E-state index in [-0.39, 0.29) is 46.6 Å². The van der Waals surface area contributed by atoms with Crippen molar-refractivity contribution in [3.05, 3.63) is 23.8 Å². The predicted octanol–water partition coefficient (Wildman–Crippen LogP) is 3.31. The van der Waals surface area contributed by atoms with Gasteiger partial charge in [0.2, 0.25) is 10.0 Å². The van der Waals surface area contributed by atoms with Crippen LogP contribution in [0.1, 0.15) is 62.7 Å². The molecule has 9 heteroatoms. The molecule has 0 radical (unpaired) electrons. The van der Waals surface area contributed by atoms with Crippen molar-refractivity contribution in [2.24, 2.45) is 11.8 Å². The van der Waals surface area contributed by atoms with E-state index in [1.54, 1.807) is 11.9 Å². The number of ether oxygens (including phenoxy) is 2. The Morgan fingerprint density at radius 1 is 1.09 bits per heavy atom. The highest BCUT2D eigenvalue weighted by atomic mass is 32.2. The van der Waals surface area contributed by atoms with Crippen molar-refractivity contribution in [1.82, 2.24) is 9.21 Å². The second-order valence-corrected chi connectivity index (χ2v) is 11.4. The van der Waals surface area contributed by atoms with Crippen LogP contribution >= 0.6 is 0 Å². The van der Waals surface area contributed by atoms with Crippen molar-refractivity contribution in [3.8, 4) is 5.75 Å². The van der Waals surface area contributed by atoms with Crippen molar-refractivity contribution < 1.29 is 27.5 Å². The van der Waals surface area contributed by atoms with Gasteiger partial charge in [0.15, 0.2) is 6.61 Å². The Labute approximate surface area is 197 Å². The molecule has 0 bridgehead atoms. The zero-order valence-corrected chi connectivity index (χ0v) is 20.9. The van der Waals surface area contributed by atoms with E-state index in [4.69, 9.17) is 9.47 Å². The maximum atomic E-state index is 13.4. The summed E-state index contributed by atoms with van der Waals surface area (Å²) in [5, 5.41) is 0. The molecule has 1 aromatic carbocycles. The molecular weight excluding hydrogens is 444 g/mol. The Morgan fingerprint density at radius 2 is 1.73 bits per heavy atom. The van der Waals surface area contributed by atoms with Crippen LogP contribution in [-0.2, 0) is 19.6 Å². The molecule has 1 amide bonds. The number of likely N-dealkylation sites (N-methyl/N-ethyl adjacent to an activating group) is 1. The summed E-state index contributed by atoms with van der Waals surface area (Å²) in [6.07, 6.45) is 6.27. The average molecular weight is 481 g/mol. The lowest BCUT2D eigenvalue weighted by Gasteiger charge is -2.34. The van der Waals surface area contributed by atoms with Crippen LogP contribution in [0, 0.1) is 11.8 Å². The second kappa shape index (κ2) is 10.9. The highest BCUT2D eigenvalue weighted by molar-refractivity contribution is 7.89. The molecule has 2 aliphatic rings. The van der Waals surface area contributed by atoms with Gasteiger partial charge < -0.3 is 14.4 Å². The number of amides is 1. The highest BCUT2D eigenvalue weighted by Crippen LogP contribution is 2.32. The Kier molecular flexibility index (Phi) is 8.39. The van der Waals surface area contributed by atoms with E-state index in [0.29, 0.717) is 13.1 Å². The number of piperidine rings is 1. The smallest absolute Gasteiger partial charge is 0.338 e. The number of methoxy groups -OCH3 is 1. The number of hydrogen-bond donors (Lipinski definition) is 0. The summed E-state index contributed by atoms with van der Waals surface area (Å²) >= 11 is 0. The van der Waals surface area contributed by atoms with Crippen molar-refractivity contribution in [1.29, 1.82) is 0 Å². The molecule has 1 aliphatic heterocycles. The molecule has 1 aromatic rings. The van der Waals surface area contributed by atoms with Crippen LogP contribution in [-0.4, -0.2) is 69.4 Å². The molecule has 33 heavy (non-hydrogen) atoms. The van der Waals surface area contributed by atoms with Gasteiger partial charge in [-0.15, -0.1) is 0 Å². The van der Waals surface area contributed by atoms with Crippen LogP contribution in [0.4, 0.5) is 0 Å². The lowest BCUT2D eigenvalue weighted by atomic mass is 9.94. The molecule has 0 spiro atoms. The highest BCUT2D eigenvalue weighted by Gasteiger charge is 2.34. The van der Waals surface area contributed by atoms with Crippen molar-refractivity contribution >= 4 is 21.9 Å². The van der Waals surface area contributed by atoms with Gasteiger partial charge in [0.1, 0.15) is 10.6 Å². The minimum Gasteiger partial charge on any atom is -0.495 e. The lowest BCUT2D eigenvalue weighted by molar-refractivity contribution is -0.135. The third-order valence-corrected chi connectivity index (χ3v) is 8.55. The van der Waals surface area contributed by atoms with Crippen LogP contribution in [0.5, 0.6) is 5.75 Å². The molecule has 0 N–H and O–H groups in total. The summed E-state index contributed by atoms with van der Waals surface area (Å²) in [4.78, 5) is 26.8. The van der Waals surface area contributed by atoms with E-state index < -0.39 is 16.0 Å². The summed E-state index contributed by atoms with van der Waals surface area (Å²) in [5.41, 5.74) is 0.0700. The van der Waals surface area contributed by atoms with Crippen molar-refractivity contribution in [2.75, 3.05) is 33.9 Å². The largest absolute Gasteiger partial charge is 0.495 e. The molecule has 2 unspecified atom stereocenters. The number of rotatable bonds is 7. The monoisotopic (exact) mass is 480 g/mol. The van der Waals surface area contributed by atoms with Crippen LogP contribution in [0.2, 0.25) is 0 Å². The first-order chi connectivity index (χ1) is 15.6. The fourth-order valence-corrected chi connectivity index (χ4v) is 6.79. The molecule has 1 heterocycles. The van der Waals surface area contributed by atoms with Gasteiger partial charge in [-0.05, 0) is 49.3 Å². The van der Waals surface area contributed by atoms with E-state index in [2.05, 4.69) is 0 Å². The van der Waals surface area contributed by atoms with Gasteiger partial charge in [-0.25, -0.2) is 13.2 Å². The van der Waals surface area contributed by atoms with Gasteiger partial charge in [-0.1, -0.05) is 33.1 Å². The molecule has 1 saturated heterocycles. The molecular formula is C24H36N2O6S. The summed E-state index contributed by atoms with van der Waals surface area (Å²) in [6, 6.07) is 4.38. The normalized spacial score (nSPS) is 22.5. The fraction of sp³-hybridized carbons (Fsp3) is 0.667. The van der Waals surface area contributed by atoms with Gasteiger partial charge in [0, 0.05) is 26.2 Å². The topological polar surface area (TPSA) is 93.2 Å². The molecule has 3 rings (SSSR count). The summed E-state index contributed by atoms with van der Waals surface area (Å²) in [7, 11) is -0.723. The third kappa shape index (κ3) is 6.06. The van der Waals surface area contributed by atoms with E-state index in [1.165, 1.54) is 36.0 Å². The standard InChI is InChI=1S/C24H36N2O6S/c1-17-12-18(2)15-26(14-17)33(29,30)22-13-19(10-11-21(22)31-4)24(28)32-16-23(27)25(3)20-8-6-5-7-9-20/h10-11,13,17-18,20H,5-9,12,14-16H2,1-4H3. The molecule has 0 aromatic heterocycles. The van der Waals surface area contributed by atoms with E-state index >= 15 is 0 Å². The lowest BCUT2D eigenvalue weighted by Crippen LogP contribution is -2.42. The number of sulfonamides is 1. The third-order valence-electron chi connectivity index (χ3n) is 6.70. The minimum absolute atomic E-state index is 0.0635. The minimum atomic E-state index is -3.86. The Balaban J connectivity index is 1.73. The zero-order valence-electron chi connectivity index (χ0n) is 20.1. The van der Waals surface area contributed by atoms with E-state index in [9.17, 15) is 18.0 Å². The first kappa shape index (κ1) is 25.5. The molecule has 1 saturated carbocycles. The number of hydrogen-bond acceptors (Lipinski definition) is 6. The summed E-state index contributed by atoms with van der Waals surface area (Å²) in [6.45, 7) is 4.54. The molecule has 184 valence electrons. The average Bonchev–Trinajstić information content (AvgIpc) is 2.81. The van der Waals surface area contributed by atoms with Gasteiger partial charge >= 0.3 is 5.97 Å². The van der Waals surface area contributed by atoms with E-state index in [0.717, 1.165) is 32.1 Å². The maximum absolute atomic E-state index is 13.4. The molecule has 2 fully saturated rings. The van der Waals surface area contributed by atoms with Gasteiger partial charge in [0.05, 0.1) is 12.7 Å². The van der Waals surface area contributed by atoms with Gasteiger partial charge in [0.25, 0.3) is 5.91 Å². The fourth-order valence-electron chi connectivity index (χ4n) is 4.93. The van der Waals surface area contributed by atoms with Crippen LogP contribution in [0.25, 0.3) is 0 Å². The molecule has 2 atom stereocenters. The van der Waals surface area contributed by atoms with Crippen LogP contribution in [0.15, 0.2) is 23.1 Å². The Bertz CT molecular complexity index is 948. The van der Waals surface area contributed by atoms with Crippen LogP contribution < -0.4 is 4.74 Å². The zero-order chi connectivity index (χ0) is 24.2. The quantitative estimate of drug-likeness (QED) is 0.556. The van der Waals surface area contributed by atoms with Crippen molar-refractivity contribution in [2.45, 2.75) is 63.3 Å². The SMILES string of the molecule is COc1ccc(C(=O)OCC(=O)N(C)C2CCCCC2)cc1S(=O)(=O)N1CC(C)CC(C)C1.